The summed E-state index contributed by atoms with van der Waals surface area (Å²) in [4.78, 5) is 14.7. The van der Waals surface area contributed by atoms with Crippen molar-refractivity contribution in [2.24, 2.45) is 0 Å². The third-order valence-electron chi connectivity index (χ3n) is 4.30. The van der Waals surface area contributed by atoms with Crippen molar-refractivity contribution in [1.82, 2.24) is 4.98 Å². The number of rotatable bonds is 7. The predicted octanol–water partition coefficient (Wildman–Crippen LogP) is 3.93. The van der Waals surface area contributed by atoms with Crippen LogP contribution in [-0.2, 0) is 6.54 Å². The van der Waals surface area contributed by atoms with Crippen molar-refractivity contribution in [2.75, 3.05) is 12.4 Å². The molecule has 25 heavy (non-hydrogen) atoms. The van der Waals surface area contributed by atoms with E-state index >= 15 is 0 Å². The van der Waals surface area contributed by atoms with Gasteiger partial charge in [0.15, 0.2) is 0 Å². The Morgan fingerprint density at radius 2 is 2.12 bits per heavy atom. The minimum atomic E-state index is -0.445. The van der Waals surface area contributed by atoms with Crippen LogP contribution in [0.4, 0.5) is 11.5 Å². The summed E-state index contributed by atoms with van der Waals surface area (Å²) in [6, 6.07) is 8.60. The maximum absolute atomic E-state index is 11.1. The van der Waals surface area contributed by atoms with Gasteiger partial charge >= 0.3 is 5.69 Å². The Bertz CT molecular complexity index is 745. The highest BCUT2D eigenvalue weighted by Gasteiger charge is 2.19. The quantitative estimate of drug-likeness (QED) is 0.605. The van der Waals surface area contributed by atoms with E-state index in [4.69, 9.17) is 9.47 Å². The van der Waals surface area contributed by atoms with E-state index < -0.39 is 4.92 Å². The number of methoxy groups -OCH3 is 1. The zero-order chi connectivity index (χ0) is 17.6. The van der Waals surface area contributed by atoms with Gasteiger partial charge < -0.3 is 14.8 Å². The monoisotopic (exact) mass is 343 g/mol. The highest BCUT2D eigenvalue weighted by atomic mass is 16.6. The summed E-state index contributed by atoms with van der Waals surface area (Å²) >= 11 is 0. The number of nitrogens with zero attached hydrogens (tertiary/aromatic N) is 2. The van der Waals surface area contributed by atoms with Crippen molar-refractivity contribution in [3.8, 4) is 11.5 Å². The molecule has 7 heteroatoms. The van der Waals surface area contributed by atoms with Crippen molar-refractivity contribution in [3.05, 3.63) is 52.2 Å². The fourth-order valence-corrected chi connectivity index (χ4v) is 2.96. The number of hydrogen-bond donors (Lipinski definition) is 1. The molecule has 0 saturated heterocycles. The first-order valence-electron chi connectivity index (χ1n) is 8.34. The first kappa shape index (κ1) is 17.0. The Morgan fingerprint density at radius 3 is 2.84 bits per heavy atom. The molecular weight excluding hydrogens is 322 g/mol. The second-order valence-electron chi connectivity index (χ2n) is 5.98. The Hall–Kier alpha value is -2.83. The lowest BCUT2D eigenvalue weighted by atomic mass is 10.1. The van der Waals surface area contributed by atoms with E-state index in [1.165, 1.54) is 25.1 Å². The molecule has 0 aliphatic heterocycles. The minimum absolute atomic E-state index is 0.0470. The van der Waals surface area contributed by atoms with Gasteiger partial charge in [-0.1, -0.05) is 0 Å². The Kier molecular flexibility index (Phi) is 5.33. The van der Waals surface area contributed by atoms with Crippen LogP contribution < -0.4 is 14.8 Å². The molecule has 1 aliphatic carbocycles. The zero-order valence-corrected chi connectivity index (χ0v) is 14.1. The lowest BCUT2D eigenvalue weighted by Crippen LogP contribution is -2.13. The number of nitrogens with one attached hydrogen (secondary N) is 1. The van der Waals surface area contributed by atoms with Gasteiger partial charge in [0.25, 0.3) is 0 Å². The Balaban J connectivity index is 1.78. The van der Waals surface area contributed by atoms with Crippen LogP contribution in [0.15, 0.2) is 36.5 Å². The summed E-state index contributed by atoms with van der Waals surface area (Å²) in [5.74, 6) is 1.72. The number of ether oxygens (including phenoxy) is 2. The molecule has 132 valence electrons. The first-order valence-corrected chi connectivity index (χ1v) is 8.34. The molecular formula is C18H21N3O4. The molecule has 1 N–H and O–H groups in total. The van der Waals surface area contributed by atoms with Crippen LogP contribution >= 0.6 is 0 Å². The Morgan fingerprint density at radius 1 is 1.32 bits per heavy atom. The molecule has 1 heterocycles. The lowest BCUT2D eigenvalue weighted by molar-refractivity contribution is -0.384. The molecule has 2 aromatic rings. The molecule has 0 spiro atoms. The van der Waals surface area contributed by atoms with Crippen molar-refractivity contribution in [1.29, 1.82) is 0 Å². The summed E-state index contributed by atoms with van der Waals surface area (Å²) in [5, 5.41) is 14.1. The molecule has 0 bridgehead atoms. The largest absolute Gasteiger partial charge is 0.497 e. The van der Waals surface area contributed by atoms with Gasteiger partial charge in [-0.3, -0.25) is 10.1 Å². The molecule has 1 fully saturated rings. The van der Waals surface area contributed by atoms with Crippen molar-refractivity contribution >= 4 is 11.5 Å². The third-order valence-corrected chi connectivity index (χ3v) is 4.30. The molecule has 0 atom stereocenters. The van der Waals surface area contributed by atoms with Crippen molar-refractivity contribution < 1.29 is 14.4 Å². The zero-order valence-electron chi connectivity index (χ0n) is 14.1. The SMILES string of the molecule is COc1ccc(CNc2ncccc2[N+](=O)[O-])c(OC2CCCC2)c1. The highest BCUT2D eigenvalue weighted by Crippen LogP contribution is 2.31. The average Bonchev–Trinajstić information content (AvgIpc) is 3.13. The smallest absolute Gasteiger partial charge is 0.311 e. The van der Waals surface area contributed by atoms with Gasteiger partial charge in [-0.15, -0.1) is 0 Å². The number of benzene rings is 1. The van der Waals surface area contributed by atoms with Crippen molar-refractivity contribution in [2.45, 2.75) is 38.3 Å². The molecule has 0 amide bonds. The van der Waals surface area contributed by atoms with E-state index in [2.05, 4.69) is 10.3 Å². The maximum Gasteiger partial charge on any atom is 0.311 e. The molecule has 1 aliphatic rings. The van der Waals surface area contributed by atoms with E-state index in [0.717, 1.165) is 29.9 Å². The van der Waals surface area contributed by atoms with E-state index in [0.29, 0.717) is 6.54 Å². The van der Waals surface area contributed by atoms with E-state index in [1.54, 1.807) is 13.2 Å². The molecule has 1 aromatic carbocycles. The Labute approximate surface area is 146 Å². The van der Waals surface area contributed by atoms with Gasteiger partial charge in [-0.2, -0.15) is 0 Å². The van der Waals surface area contributed by atoms with E-state index in [-0.39, 0.29) is 17.6 Å². The van der Waals surface area contributed by atoms with E-state index in [9.17, 15) is 10.1 Å². The number of pyridine rings is 1. The first-order chi connectivity index (χ1) is 12.2. The van der Waals surface area contributed by atoms with Gasteiger partial charge in [0.05, 0.1) is 18.1 Å². The van der Waals surface area contributed by atoms with Crippen LogP contribution in [0.5, 0.6) is 11.5 Å². The maximum atomic E-state index is 11.1. The van der Waals surface area contributed by atoms with Crippen LogP contribution in [0.3, 0.4) is 0 Å². The van der Waals surface area contributed by atoms with Crippen LogP contribution in [0.2, 0.25) is 0 Å². The van der Waals surface area contributed by atoms with Gasteiger partial charge in [0, 0.05) is 30.4 Å². The summed E-state index contributed by atoms with van der Waals surface area (Å²) < 4.78 is 11.4. The van der Waals surface area contributed by atoms with Gasteiger partial charge in [-0.05, 0) is 43.9 Å². The van der Waals surface area contributed by atoms with Crippen LogP contribution in [0.1, 0.15) is 31.2 Å². The number of nitro groups is 1. The molecule has 0 radical (unpaired) electrons. The fraction of sp³-hybridized carbons (Fsp3) is 0.389. The number of anilines is 1. The molecule has 0 unspecified atom stereocenters. The molecule has 3 rings (SSSR count). The summed E-state index contributed by atoms with van der Waals surface area (Å²) in [7, 11) is 1.61. The summed E-state index contributed by atoms with van der Waals surface area (Å²) in [6.45, 7) is 0.379. The third kappa shape index (κ3) is 4.17. The van der Waals surface area contributed by atoms with Crippen molar-refractivity contribution in [3.63, 3.8) is 0 Å². The molecule has 1 aromatic heterocycles. The minimum Gasteiger partial charge on any atom is -0.497 e. The average molecular weight is 343 g/mol. The fourth-order valence-electron chi connectivity index (χ4n) is 2.96. The molecule has 7 nitrogen and oxygen atoms in total. The summed E-state index contributed by atoms with van der Waals surface area (Å²) in [6.07, 6.45) is 6.21. The standard InChI is InChI=1S/C18H21N3O4/c1-24-15-9-8-13(17(11-15)25-14-5-2-3-6-14)12-20-18-16(21(22)23)7-4-10-19-18/h4,7-11,14H,2-3,5-6,12H2,1H3,(H,19,20). The highest BCUT2D eigenvalue weighted by molar-refractivity contribution is 5.56. The normalized spacial score (nSPS) is 14.3. The van der Waals surface area contributed by atoms with Crippen LogP contribution in [-0.4, -0.2) is 23.1 Å². The van der Waals surface area contributed by atoms with Crippen LogP contribution in [0, 0.1) is 10.1 Å². The lowest BCUT2D eigenvalue weighted by Gasteiger charge is -2.18. The van der Waals surface area contributed by atoms with Gasteiger partial charge in [-0.25, -0.2) is 4.98 Å². The van der Waals surface area contributed by atoms with E-state index in [1.807, 2.05) is 18.2 Å². The van der Waals surface area contributed by atoms with Crippen LogP contribution in [0.25, 0.3) is 0 Å². The topological polar surface area (TPSA) is 86.5 Å². The van der Waals surface area contributed by atoms with Gasteiger partial charge in [0.2, 0.25) is 5.82 Å². The second-order valence-corrected chi connectivity index (χ2v) is 5.98. The van der Waals surface area contributed by atoms with Gasteiger partial charge in [0.1, 0.15) is 11.5 Å². The predicted molar refractivity (Wildman–Crippen MR) is 94.1 cm³/mol. The number of aromatic nitrogens is 1. The number of hydrogen-bond acceptors (Lipinski definition) is 6. The molecule has 1 saturated carbocycles. The second kappa shape index (κ2) is 7.83. The summed E-state index contributed by atoms with van der Waals surface area (Å²) in [5.41, 5.74) is 0.863.